The summed E-state index contributed by atoms with van der Waals surface area (Å²) in [5, 5.41) is 5.61. The molecule has 0 atom stereocenters. The summed E-state index contributed by atoms with van der Waals surface area (Å²) in [6, 6.07) is 13.7. The Kier molecular flexibility index (Phi) is 5.76. The molecule has 0 radical (unpaired) electrons. The molecule has 6 nitrogen and oxygen atoms in total. The topological polar surface area (TPSA) is 70.4 Å². The summed E-state index contributed by atoms with van der Waals surface area (Å²) in [7, 11) is 0. The second kappa shape index (κ2) is 8.22. The first-order chi connectivity index (χ1) is 13.0. The van der Waals surface area contributed by atoms with Crippen molar-refractivity contribution >= 4 is 28.3 Å². The van der Waals surface area contributed by atoms with E-state index < -0.39 is 5.97 Å². The number of rotatable bonds is 6. The number of ether oxygens (including phenoxy) is 2. The van der Waals surface area contributed by atoms with Crippen LogP contribution in [-0.2, 0) is 4.74 Å². The maximum Gasteiger partial charge on any atom is 0.359 e. The molecule has 1 aromatic heterocycles. The zero-order valence-corrected chi connectivity index (χ0v) is 15.8. The maximum absolute atomic E-state index is 12.5. The highest BCUT2D eigenvalue weighted by molar-refractivity contribution is 6.32. The van der Waals surface area contributed by atoms with Gasteiger partial charge in [0.15, 0.2) is 5.69 Å². The number of esters is 1. The van der Waals surface area contributed by atoms with Gasteiger partial charge in [-0.3, -0.25) is 4.79 Å². The van der Waals surface area contributed by atoms with Gasteiger partial charge in [-0.2, -0.15) is 5.10 Å². The average molecular weight is 387 g/mol. The Hall–Kier alpha value is -2.86. The zero-order chi connectivity index (χ0) is 19.4. The molecule has 0 fully saturated rings. The van der Waals surface area contributed by atoms with Crippen molar-refractivity contribution in [2.75, 3.05) is 13.2 Å². The van der Waals surface area contributed by atoms with Gasteiger partial charge in [-0.15, -0.1) is 0 Å². The van der Waals surface area contributed by atoms with Crippen LogP contribution in [0.3, 0.4) is 0 Å². The molecule has 2 aromatic carbocycles. The smallest absolute Gasteiger partial charge is 0.359 e. The third-order valence-electron chi connectivity index (χ3n) is 3.92. The van der Waals surface area contributed by atoms with Crippen LogP contribution in [0.25, 0.3) is 10.8 Å². The molecular weight excluding hydrogens is 368 g/mol. The van der Waals surface area contributed by atoms with Crippen LogP contribution in [0.2, 0.25) is 5.02 Å². The van der Waals surface area contributed by atoms with Crippen LogP contribution < -0.4 is 10.3 Å². The van der Waals surface area contributed by atoms with Crippen LogP contribution >= 0.6 is 11.6 Å². The van der Waals surface area contributed by atoms with E-state index in [4.69, 9.17) is 21.1 Å². The SMILES string of the molecule is CC(C)n1nc(C(=O)OCCOc2ccccc2Cl)c2ccccc2c1=O. The summed E-state index contributed by atoms with van der Waals surface area (Å²) in [6.45, 7) is 3.84. The first-order valence-corrected chi connectivity index (χ1v) is 8.93. The van der Waals surface area contributed by atoms with Crippen molar-refractivity contribution in [2.24, 2.45) is 0 Å². The molecule has 3 aromatic rings. The highest BCUT2D eigenvalue weighted by atomic mass is 35.5. The van der Waals surface area contributed by atoms with Crippen LogP contribution in [0.1, 0.15) is 30.4 Å². The van der Waals surface area contributed by atoms with Crippen molar-refractivity contribution < 1.29 is 14.3 Å². The number of aromatic nitrogens is 2. The van der Waals surface area contributed by atoms with Crippen molar-refractivity contribution in [3.8, 4) is 5.75 Å². The van der Waals surface area contributed by atoms with E-state index >= 15 is 0 Å². The van der Waals surface area contributed by atoms with Gasteiger partial charge < -0.3 is 9.47 Å². The molecule has 0 unspecified atom stereocenters. The quantitative estimate of drug-likeness (QED) is 0.475. The molecule has 0 spiro atoms. The van der Waals surface area contributed by atoms with Gasteiger partial charge in [-0.05, 0) is 32.0 Å². The molecule has 3 rings (SSSR count). The fourth-order valence-electron chi connectivity index (χ4n) is 2.62. The molecule has 140 valence electrons. The van der Waals surface area contributed by atoms with Gasteiger partial charge in [-0.25, -0.2) is 9.48 Å². The van der Waals surface area contributed by atoms with Crippen molar-refractivity contribution in [1.82, 2.24) is 9.78 Å². The third-order valence-corrected chi connectivity index (χ3v) is 4.23. The fraction of sp³-hybridized carbons (Fsp3) is 0.250. The molecule has 7 heteroatoms. The van der Waals surface area contributed by atoms with E-state index in [1.807, 2.05) is 13.8 Å². The Labute approximate surface area is 161 Å². The van der Waals surface area contributed by atoms with E-state index in [0.29, 0.717) is 21.5 Å². The minimum atomic E-state index is -0.608. The van der Waals surface area contributed by atoms with Crippen LogP contribution in [0, 0.1) is 0 Å². The predicted octanol–water partition coefficient (Wildman–Crippen LogP) is 3.87. The van der Waals surface area contributed by atoms with Crippen LogP contribution in [-0.4, -0.2) is 29.0 Å². The number of hydrogen-bond donors (Lipinski definition) is 0. The first-order valence-electron chi connectivity index (χ1n) is 8.55. The molecule has 0 aliphatic carbocycles. The van der Waals surface area contributed by atoms with E-state index in [9.17, 15) is 9.59 Å². The molecule has 0 aliphatic rings. The number of carbonyl (C=O) groups excluding carboxylic acids is 1. The number of para-hydroxylation sites is 1. The van der Waals surface area contributed by atoms with Gasteiger partial charge in [0.2, 0.25) is 0 Å². The zero-order valence-electron chi connectivity index (χ0n) is 15.0. The Morgan fingerprint density at radius 2 is 1.74 bits per heavy atom. The molecule has 27 heavy (non-hydrogen) atoms. The lowest BCUT2D eigenvalue weighted by atomic mass is 10.1. The molecule has 0 bridgehead atoms. The van der Waals surface area contributed by atoms with E-state index in [-0.39, 0.29) is 30.5 Å². The van der Waals surface area contributed by atoms with Gasteiger partial charge in [0.1, 0.15) is 19.0 Å². The highest BCUT2D eigenvalue weighted by Gasteiger charge is 2.19. The number of halogens is 1. The largest absolute Gasteiger partial charge is 0.488 e. The van der Waals surface area contributed by atoms with Gasteiger partial charge >= 0.3 is 5.97 Å². The van der Waals surface area contributed by atoms with E-state index in [1.165, 1.54) is 4.68 Å². The molecular formula is C20H19ClN2O4. The van der Waals surface area contributed by atoms with Gasteiger partial charge in [0.05, 0.1) is 16.5 Å². The summed E-state index contributed by atoms with van der Waals surface area (Å²) in [5.41, 5.74) is -0.129. The molecule has 0 saturated carbocycles. The number of benzene rings is 2. The van der Waals surface area contributed by atoms with Crippen LogP contribution in [0.15, 0.2) is 53.3 Å². The minimum Gasteiger partial charge on any atom is -0.488 e. The molecule has 0 amide bonds. The summed E-state index contributed by atoms with van der Waals surface area (Å²) in [4.78, 5) is 25.1. The van der Waals surface area contributed by atoms with Crippen molar-refractivity contribution in [3.05, 3.63) is 69.6 Å². The first kappa shape index (κ1) is 18.9. The lowest BCUT2D eigenvalue weighted by Gasteiger charge is -2.13. The second-order valence-corrected chi connectivity index (χ2v) is 6.56. The molecule has 0 saturated heterocycles. The molecule has 1 heterocycles. The monoisotopic (exact) mass is 386 g/mol. The van der Waals surface area contributed by atoms with Gasteiger partial charge in [0.25, 0.3) is 5.56 Å². The molecule has 0 N–H and O–H groups in total. The second-order valence-electron chi connectivity index (χ2n) is 6.15. The van der Waals surface area contributed by atoms with Crippen LogP contribution in [0.4, 0.5) is 0 Å². The maximum atomic E-state index is 12.5. The number of carbonyl (C=O) groups is 1. The Morgan fingerprint density at radius 1 is 1.07 bits per heavy atom. The standard InChI is InChI=1S/C20H19ClN2O4/c1-13(2)23-19(24)15-8-4-3-7-14(15)18(22-23)20(25)27-12-11-26-17-10-6-5-9-16(17)21/h3-10,13H,11-12H2,1-2H3. The highest BCUT2D eigenvalue weighted by Crippen LogP contribution is 2.23. The van der Waals surface area contributed by atoms with Gasteiger partial charge in [-0.1, -0.05) is 41.9 Å². The summed E-state index contributed by atoms with van der Waals surface area (Å²) in [5.74, 6) is -0.0875. The Balaban J connectivity index is 1.76. The predicted molar refractivity (Wildman–Crippen MR) is 104 cm³/mol. The third kappa shape index (κ3) is 4.11. The van der Waals surface area contributed by atoms with E-state index in [1.54, 1.807) is 48.5 Å². The minimum absolute atomic E-state index is 0.0286. The number of hydrogen-bond acceptors (Lipinski definition) is 5. The fourth-order valence-corrected chi connectivity index (χ4v) is 2.81. The summed E-state index contributed by atoms with van der Waals surface area (Å²) < 4.78 is 12.1. The average Bonchev–Trinajstić information content (AvgIpc) is 2.66. The van der Waals surface area contributed by atoms with Gasteiger partial charge in [0, 0.05) is 5.39 Å². The van der Waals surface area contributed by atoms with E-state index in [0.717, 1.165) is 0 Å². The Morgan fingerprint density at radius 3 is 2.44 bits per heavy atom. The van der Waals surface area contributed by atoms with Crippen molar-refractivity contribution in [3.63, 3.8) is 0 Å². The van der Waals surface area contributed by atoms with Crippen molar-refractivity contribution in [2.45, 2.75) is 19.9 Å². The van der Waals surface area contributed by atoms with Crippen molar-refractivity contribution in [1.29, 1.82) is 0 Å². The Bertz CT molecular complexity index is 1030. The lowest BCUT2D eigenvalue weighted by Crippen LogP contribution is -2.28. The normalized spacial score (nSPS) is 11.0. The van der Waals surface area contributed by atoms with Crippen LogP contribution in [0.5, 0.6) is 5.75 Å². The summed E-state index contributed by atoms with van der Waals surface area (Å²) >= 11 is 6.01. The van der Waals surface area contributed by atoms with E-state index in [2.05, 4.69) is 5.10 Å². The lowest BCUT2D eigenvalue weighted by molar-refractivity contribution is 0.0443. The summed E-state index contributed by atoms with van der Waals surface area (Å²) in [6.07, 6.45) is 0. The molecule has 0 aliphatic heterocycles. The number of nitrogens with zero attached hydrogens (tertiary/aromatic N) is 2. The number of fused-ring (bicyclic) bond motifs is 1.